The normalized spacial score (nSPS) is 10.8. The summed E-state index contributed by atoms with van der Waals surface area (Å²) in [6.07, 6.45) is 3.19. The molecule has 0 atom stereocenters. The van der Waals surface area contributed by atoms with Gasteiger partial charge in [-0.15, -0.1) is 0 Å². The fourth-order valence-corrected chi connectivity index (χ4v) is 4.91. The summed E-state index contributed by atoms with van der Waals surface area (Å²) in [5.41, 5.74) is 6.97. The molecule has 0 aliphatic heterocycles. The first-order chi connectivity index (χ1) is 23.9. The van der Waals surface area contributed by atoms with Crippen LogP contribution in [-0.4, -0.2) is 33.7 Å². The SMILES string of the molecule is O=C(N/N=C\c1cn(-c2ccccc2)nc1-c1ccc(OCc2ccccc2)cc1)C(=O)Nc1ccccc1C(=O)Nc1ccc(Cl)cc1. The van der Waals surface area contributed by atoms with Crippen molar-refractivity contribution >= 4 is 46.9 Å². The Balaban J connectivity index is 1.14. The lowest BCUT2D eigenvalue weighted by Gasteiger charge is -2.11. The number of para-hydroxylation sites is 2. The van der Waals surface area contributed by atoms with Gasteiger partial charge >= 0.3 is 11.8 Å². The summed E-state index contributed by atoms with van der Waals surface area (Å²) in [6.45, 7) is 0.441. The number of aromatic nitrogens is 2. The molecule has 6 aromatic rings. The summed E-state index contributed by atoms with van der Waals surface area (Å²) in [6, 6.07) is 39.9. The summed E-state index contributed by atoms with van der Waals surface area (Å²) in [7, 11) is 0. The topological polar surface area (TPSA) is 127 Å². The average molecular weight is 669 g/mol. The molecule has 3 amide bonds. The largest absolute Gasteiger partial charge is 0.489 e. The van der Waals surface area contributed by atoms with Gasteiger partial charge in [-0.3, -0.25) is 14.4 Å². The molecule has 6 rings (SSSR count). The van der Waals surface area contributed by atoms with Crippen molar-refractivity contribution in [3.63, 3.8) is 0 Å². The Hall–Kier alpha value is -6.52. The molecule has 0 aliphatic carbocycles. The van der Waals surface area contributed by atoms with Crippen LogP contribution in [0.2, 0.25) is 5.02 Å². The number of hydrogen-bond acceptors (Lipinski definition) is 6. The van der Waals surface area contributed by atoms with Crippen LogP contribution in [0.1, 0.15) is 21.5 Å². The van der Waals surface area contributed by atoms with Crippen molar-refractivity contribution in [2.45, 2.75) is 6.61 Å². The van der Waals surface area contributed by atoms with Gasteiger partial charge in [0.1, 0.15) is 18.1 Å². The first kappa shape index (κ1) is 32.4. The molecule has 0 aliphatic rings. The highest BCUT2D eigenvalue weighted by Crippen LogP contribution is 2.26. The van der Waals surface area contributed by atoms with E-state index in [2.05, 4.69) is 21.2 Å². The number of nitrogens with zero attached hydrogens (tertiary/aromatic N) is 3. The highest BCUT2D eigenvalue weighted by Gasteiger charge is 2.18. The van der Waals surface area contributed by atoms with Crippen LogP contribution in [0, 0.1) is 0 Å². The second-order valence-electron chi connectivity index (χ2n) is 10.7. The number of anilines is 2. The fraction of sp³-hybridized carbons (Fsp3) is 0.0263. The predicted molar refractivity (Wildman–Crippen MR) is 190 cm³/mol. The molecule has 0 radical (unpaired) electrons. The third kappa shape index (κ3) is 8.45. The van der Waals surface area contributed by atoms with Gasteiger partial charge in [0.15, 0.2) is 0 Å². The molecule has 242 valence electrons. The van der Waals surface area contributed by atoms with Crippen LogP contribution >= 0.6 is 11.6 Å². The van der Waals surface area contributed by atoms with E-state index in [0.717, 1.165) is 16.8 Å². The van der Waals surface area contributed by atoms with E-state index in [9.17, 15) is 14.4 Å². The van der Waals surface area contributed by atoms with Gasteiger partial charge in [0.25, 0.3) is 5.91 Å². The van der Waals surface area contributed by atoms with E-state index in [1.54, 1.807) is 47.3 Å². The maximum atomic E-state index is 12.9. The highest BCUT2D eigenvalue weighted by molar-refractivity contribution is 6.40. The van der Waals surface area contributed by atoms with Crippen molar-refractivity contribution in [2.24, 2.45) is 5.10 Å². The van der Waals surface area contributed by atoms with Crippen LogP contribution in [0.25, 0.3) is 16.9 Å². The summed E-state index contributed by atoms with van der Waals surface area (Å²) < 4.78 is 7.64. The standard InChI is InChI=1S/C38H29ClN6O4/c39-29-17-19-30(20-18-29)41-36(46)33-13-7-8-14-34(33)42-37(47)38(48)43-40-23-28-24-45(31-11-5-2-6-12-31)44-35(28)27-15-21-32(22-16-27)49-25-26-9-3-1-4-10-26/h1-24H,25H2,(H,41,46)(H,42,47)(H,43,48)/b40-23-. The van der Waals surface area contributed by atoms with Crippen LogP contribution in [0.3, 0.4) is 0 Å². The van der Waals surface area contributed by atoms with Crippen LogP contribution in [0.4, 0.5) is 11.4 Å². The zero-order valence-corrected chi connectivity index (χ0v) is 26.7. The summed E-state index contributed by atoms with van der Waals surface area (Å²) in [5.74, 6) is -1.81. The molecule has 1 heterocycles. The molecule has 49 heavy (non-hydrogen) atoms. The van der Waals surface area contributed by atoms with Crippen molar-refractivity contribution in [1.29, 1.82) is 0 Å². The number of rotatable bonds is 10. The zero-order chi connectivity index (χ0) is 34.0. The van der Waals surface area contributed by atoms with E-state index in [0.29, 0.717) is 34.3 Å². The number of ether oxygens (including phenoxy) is 1. The van der Waals surface area contributed by atoms with E-state index in [1.807, 2.05) is 84.9 Å². The minimum absolute atomic E-state index is 0.153. The fourth-order valence-electron chi connectivity index (χ4n) is 4.78. The molecule has 0 bridgehead atoms. The van der Waals surface area contributed by atoms with E-state index in [-0.39, 0.29) is 11.3 Å². The quantitative estimate of drug-likeness (QED) is 0.0815. The molecule has 0 spiro atoms. The molecule has 5 aromatic carbocycles. The number of halogens is 1. The Labute approximate surface area is 287 Å². The van der Waals surface area contributed by atoms with Gasteiger partial charge in [-0.2, -0.15) is 10.2 Å². The first-order valence-electron chi connectivity index (χ1n) is 15.2. The minimum atomic E-state index is -1.03. The molecule has 0 fully saturated rings. The second-order valence-corrected chi connectivity index (χ2v) is 11.1. The van der Waals surface area contributed by atoms with Gasteiger partial charge in [-0.05, 0) is 78.4 Å². The van der Waals surface area contributed by atoms with E-state index < -0.39 is 17.7 Å². The molecule has 11 heteroatoms. The van der Waals surface area contributed by atoms with Gasteiger partial charge in [0.2, 0.25) is 0 Å². The first-order valence-corrected chi connectivity index (χ1v) is 15.5. The minimum Gasteiger partial charge on any atom is -0.489 e. The van der Waals surface area contributed by atoms with Gasteiger partial charge in [-0.25, -0.2) is 10.1 Å². The monoisotopic (exact) mass is 668 g/mol. The number of carbonyl (C=O) groups is 3. The van der Waals surface area contributed by atoms with Crippen molar-refractivity contribution in [2.75, 3.05) is 10.6 Å². The molecule has 1 aromatic heterocycles. The molecular weight excluding hydrogens is 640 g/mol. The number of carbonyl (C=O) groups excluding carboxylic acids is 3. The van der Waals surface area contributed by atoms with E-state index in [4.69, 9.17) is 21.4 Å². The van der Waals surface area contributed by atoms with Crippen LogP contribution in [0.5, 0.6) is 5.75 Å². The van der Waals surface area contributed by atoms with E-state index in [1.165, 1.54) is 18.3 Å². The molecule has 10 nitrogen and oxygen atoms in total. The Bertz CT molecular complexity index is 2100. The van der Waals surface area contributed by atoms with Crippen LogP contribution in [-0.2, 0) is 16.2 Å². The van der Waals surface area contributed by atoms with Gasteiger partial charge in [-0.1, -0.05) is 72.3 Å². The lowest BCUT2D eigenvalue weighted by atomic mass is 10.1. The number of nitrogens with one attached hydrogen (secondary N) is 3. The van der Waals surface area contributed by atoms with Crippen molar-refractivity contribution in [1.82, 2.24) is 15.2 Å². The summed E-state index contributed by atoms with van der Waals surface area (Å²) >= 11 is 5.93. The van der Waals surface area contributed by atoms with Crippen molar-refractivity contribution in [3.8, 4) is 22.7 Å². The van der Waals surface area contributed by atoms with Gasteiger partial charge < -0.3 is 15.4 Å². The van der Waals surface area contributed by atoms with E-state index >= 15 is 0 Å². The smallest absolute Gasteiger partial charge is 0.329 e. The Kier molecular flexibility index (Phi) is 10.2. The maximum absolute atomic E-state index is 12.9. The number of hydrogen-bond donors (Lipinski definition) is 3. The molecule has 3 N–H and O–H groups in total. The molecule has 0 saturated carbocycles. The average Bonchev–Trinajstić information content (AvgIpc) is 3.57. The van der Waals surface area contributed by atoms with Crippen molar-refractivity contribution < 1.29 is 19.1 Å². The zero-order valence-electron chi connectivity index (χ0n) is 25.9. The van der Waals surface area contributed by atoms with Gasteiger partial charge in [0, 0.05) is 28.0 Å². The third-order valence-corrected chi connectivity index (χ3v) is 7.49. The third-order valence-electron chi connectivity index (χ3n) is 7.24. The Morgan fingerprint density at radius 3 is 2.16 bits per heavy atom. The maximum Gasteiger partial charge on any atom is 0.329 e. The summed E-state index contributed by atoms with van der Waals surface area (Å²) in [4.78, 5) is 38.5. The van der Waals surface area contributed by atoms with Crippen molar-refractivity contribution in [3.05, 3.63) is 161 Å². The molecule has 0 saturated heterocycles. The lowest BCUT2D eigenvalue weighted by molar-refractivity contribution is -0.136. The summed E-state index contributed by atoms with van der Waals surface area (Å²) in [5, 5.41) is 14.6. The van der Waals surface area contributed by atoms with Crippen LogP contribution in [0.15, 0.2) is 145 Å². The highest BCUT2D eigenvalue weighted by atomic mass is 35.5. The Morgan fingerprint density at radius 1 is 0.755 bits per heavy atom. The number of amides is 3. The molecule has 0 unspecified atom stereocenters. The second kappa shape index (κ2) is 15.4. The lowest BCUT2D eigenvalue weighted by Crippen LogP contribution is -2.33. The Morgan fingerprint density at radius 2 is 1.43 bits per heavy atom. The number of benzene rings is 5. The molecular formula is C38H29ClN6O4. The number of hydrazone groups is 1. The predicted octanol–water partition coefficient (Wildman–Crippen LogP) is 7.11. The van der Waals surface area contributed by atoms with Crippen LogP contribution < -0.4 is 20.8 Å². The van der Waals surface area contributed by atoms with Gasteiger partial charge in [0.05, 0.1) is 23.2 Å².